The average Bonchev–Trinajstić information content (AvgIpc) is 3.18. The summed E-state index contributed by atoms with van der Waals surface area (Å²) in [6.45, 7) is 1.15. The van der Waals surface area contributed by atoms with Gasteiger partial charge in [0.05, 0.1) is 17.3 Å². The number of fused-ring (bicyclic) bond motifs is 1. The molecule has 2 heterocycles. The molecule has 0 radical (unpaired) electrons. The van der Waals surface area contributed by atoms with E-state index in [9.17, 15) is 9.59 Å². The number of amides is 2. The van der Waals surface area contributed by atoms with Gasteiger partial charge < -0.3 is 14.6 Å². The minimum atomic E-state index is -0.140. The van der Waals surface area contributed by atoms with Crippen molar-refractivity contribution < 1.29 is 9.59 Å². The van der Waals surface area contributed by atoms with Gasteiger partial charge in [-0.3, -0.25) is 0 Å². The molecular weight excluding hydrogens is 332 g/mol. The summed E-state index contributed by atoms with van der Waals surface area (Å²) in [6.07, 6.45) is 1.01. The molecule has 0 aromatic heterocycles. The summed E-state index contributed by atoms with van der Waals surface area (Å²) in [5.41, 5.74) is 2.22. The average molecular weight is 352 g/mol. The van der Waals surface area contributed by atoms with E-state index in [1.807, 2.05) is 70.5 Å². The molecule has 2 aromatic carbocycles. The third-order valence-corrected chi connectivity index (χ3v) is 6.28. The maximum absolute atomic E-state index is 13.1. The van der Waals surface area contributed by atoms with Crippen LogP contribution in [0.4, 0.5) is 4.79 Å². The maximum Gasteiger partial charge on any atom is 0.321 e. The number of rotatable bonds is 5. The molecule has 4 nitrogen and oxygen atoms in total. The number of thioether (sulfide) groups is 1. The van der Waals surface area contributed by atoms with Crippen LogP contribution < -0.4 is 0 Å². The Labute approximate surface area is 151 Å². The fraction of sp³-hybridized carbons (Fsp3) is 0.300. The highest BCUT2D eigenvalue weighted by Crippen LogP contribution is 2.40. The highest BCUT2D eigenvalue weighted by atomic mass is 32.2. The third kappa shape index (κ3) is 3.04. The van der Waals surface area contributed by atoms with Crippen LogP contribution in [0.15, 0.2) is 60.7 Å². The lowest BCUT2D eigenvalue weighted by Crippen LogP contribution is -2.41. The van der Waals surface area contributed by atoms with Gasteiger partial charge in [0.1, 0.15) is 6.29 Å². The fourth-order valence-corrected chi connectivity index (χ4v) is 5.16. The van der Waals surface area contributed by atoms with E-state index in [2.05, 4.69) is 0 Å². The largest absolute Gasteiger partial charge is 0.321 e. The first-order chi connectivity index (χ1) is 12.3. The van der Waals surface area contributed by atoms with Gasteiger partial charge in [-0.2, -0.15) is 0 Å². The molecule has 2 aliphatic rings. The molecular formula is C20H20N2O2S. The van der Waals surface area contributed by atoms with Crippen molar-refractivity contribution in [2.45, 2.75) is 30.4 Å². The Morgan fingerprint density at radius 3 is 2.04 bits per heavy atom. The molecule has 2 aromatic rings. The van der Waals surface area contributed by atoms with Gasteiger partial charge in [-0.05, 0) is 11.1 Å². The first kappa shape index (κ1) is 16.2. The predicted octanol–water partition coefficient (Wildman–Crippen LogP) is 3.18. The van der Waals surface area contributed by atoms with Crippen LogP contribution in [-0.2, 0) is 17.9 Å². The summed E-state index contributed by atoms with van der Waals surface area (Å²) in [6, 6.07) is 20.1. The molecule has 0 spiro atoms. The Morgan fingerprint density at radius 1 is 0.920 bits per heavy atom. The van der Waals surface area contributed by atoms with E-state index in [1.54, 1.807) is 11.8 Å². The SMILES string of the molecule is O=CC1SC[C@H]2[C@@H]1N(Cc1ccccc1)C(=O)N2Cc1ccccc1. The van der Waals surface area contributed by atoms with Crippen molar-refractivity contribution >= 4 is 24.1 Å². The summed E-state index contributed by atoms with van der Waals surface area (Å²) in [7, 11) is 0. The molecule has 25 heavy (non-hydrogen) atoms. The van der Waals surface area contributed by atoms with Crippen LogP contribution in [0.2, 0.25) is 0 Å². The Balaban J connectivity index is 1.61. The van der Waals surface area contributed by atoms with Gasteiger partial charge in [-0.1, -0.05) is 60.7 Å². The standard InChI is InChI=1S/C20H20N2O2S/c23-13-18-19-17(14-25-18)21(11-15-7-3-1-4-8-15)20(24)22(19)12-16-9-5-2-6-10-16/h1-10,13,17-19H,11-12,14H2/t17-,18?,19-/m0/s1. The molecule has 4 rings (SSSR count). The number of aldehydes is 1. The Bertz CT molecular complexity index is 753. The minimum Gasteiger partial charge on any atom is -0.314 e. The number of hydrogen-bond donors (Lipinski definition) is 0. The Morgan fingerprint density at radius 2 is 1.48 bits per heavy atom. The molecule has 2 aliphatic heterocycles. The Hall–Kier alpha value is -2.27. The van der Waals surface area contributed by atoms with Gasteiger partial charge in [-0.15, -0.1) is 11.8 Å². The first-order valence-electron chi connectivity index (χ1n) is 8.50. The summed E-state index contributed by atoms with van der Waals surface area (Å²) < 4.78 is 0. The van der Waals surface area contributed by atoms with Crippen molar-refractivity contribution in [2.75, 3.05) is 5.75 Å². The lowest BCUT2D eigenvalue weighted by molar-refractivity contribution is -0.108. The van der Waals surface area contributed by atoms with Gasteiger partial charge in [0.2, 0.25) is 0 Å². The second-order valence-corrected chi connectivity index (χ2v) is 7.71. The van der Waals surface area contributed by atoms with E-state index < -0.39 is 0 Å². The van der Waals surface area contributed by atoms with Crippen molar-refractivity contribution in [3.63, 3.8) is 0 Å². The van der Waals surface area contributed by atoms with Crippen molar-refractivity contribution in [3.8, 4) is 0 Å². The van der Waals surface area contributed by atoms with Crippen LogP contribution in [0, 0.1) is 0 Å². The highest BCUT2D eigenvalue weighted by Gasteiger charge is 2.52. The van der Waals surface area contributed by atoms with Crippen LogP contribution in [0.3, 0.4) is 0 Å². The topological polar surface area (TPSA) is 40.6 Å². The van der Waals surface area contributed by atoms with E-state index >= 15 is 0 Å². The van der Waals surface area contributed by atoms with Crippen molar-refractivity contribution in [2.24, 2.45) is 0 Å². The fourth-order valence-electron chi connectivity index (χ4n) is 3.76. The number of carbonyl (C=O) groups excluding carboxylic acids is 2. The zero-order valence-corrected chi connectivity index (χ0v) is 14.6. The lowest BCUT2D eigenvalue weighted by atomic mass is 10.1. The summed E-state index contributed by atoms with van der Waals surface area (Å²) in [5, 5.41) is -0.140. The number of urea groups is 1. The number of benzene rings is 2. The van der Waals surface area contributed by atoms with Gasteiger partial charge in [0.15, 0.2) is 0 Å². The summed E-state index contributed by atoms with van der Waals surface area (Å²) in [4.78, 5) is 28.5. The van der Waals surface area contributed by atoms with Gasteiger partial charge in [0, 0.05) is 18.8 Å². The Kier molecular flexibility index (Phi) is 4.49. The monoisotopic (exact) mass is 352 g/mol. The molecule has 2 amide bonds. The van der Waals surface area contributed by atoms with Crippen molar-refractivity contribution in [1.82, 2.24) is 9.80 Å². The van der Waals surface area contributed by atoms with E-state index in [4.69, 9.17) is 0 Å². The van der Waals surface area contributed by atoms with Crippen LogP contribution in [0.25, 0.3) is 0 Å². The first-order valence-corrected chi connectivity index (χ1v) is 9.55. The zero-order valence-electron chi connectivity index (χ0n) is 13.8. The summed E-state index contributed by atoms with van der Waals surface area (Å²) in [5.74, 6) is 0.817. The summed E-state index contributed by atoms with van der Waals surface area (Å²) >= 11 is 1.66. The molecule has 1 unspecified atom stereocenters. The second kappa shape index (κ2) is 6.92. The third-order valence-electron chi connectivity index (χ3n) is 4.97. The number of hydrogen-bond acceptors (Lipinski definition) is 3. The van der Waals surface area contributed by atoms with E-state index in [1.165, 1.54) is 0 Å². The van der Waals surface area contributed by atoms with Crippen LogP contribution in [0.5, 0.6) is 0 Å². The van der Waals surface area contributed by atoms with E-state index in [-0.39, 0.29) is 23.4 Å². The van der Waals surface area contributed by atoms with E-state index in [0.29, 0.717) is 13.1 Å². The van der Waals surface area contributed by atoms with E-state index in [0.717, 1.165) is 23.2 Å². The van der Waals surface area contributed by atoms with Gasteiger partial charge in [-0.25, -0.2) is 4.79 Å². The smallest absolute Gasteiger partial charge is 0.314 e. The zero-order chi connectivity index (χ0) is 17.2. The second-order valence-electron chi connectivity index (χ2n) is 6.50. The highest BCUT2D eigenvalue weighted by molar-refractivity contribution is 8.00. The molecule has 0 N–H and O–H groups in total. The predicted molar refractivity (Wildman–Crippen MR) is 99.3 cm³/mol. The van der Waals surface area contributed by atoms with Crippen LogP contribution in [0.1, 0.15) is 11.1 Å². The molecule has 5 heteroatoms. The minimum absolute atomic E-state index is 0.0369. The maximum atomic E-state index is 13.1. The molecule has 3 atom stereocenters. The van der Waals surface area contributed by atoms with Crippen molar-refractivity contribution in [1.29, 1.82) is 0 Å². The van der Waals surface area contributed by atoms with Gasteiger partial charge >= 0.3 is 6.03 Å². The number of carbonyl (C=O) groups is 2. The molecule has 0 saturated carbocycles. The van der Waals surface area contributed by atoms with Crippen molar-refractivity contribution in [3.05, 3.63) is 71.8 Å². The molecule has 2 saturated heterocycles. The van der Waals surface area contributed by atoms with Crippen LogP contribution in [-0.4, -0.2) is 45.2 Å². The van der Waals surface area contributed by atoms with Gasteiger partial charge in [0.25, 0.3) is 0 Å². The number of nitrogens with zero attached hydrogens (tertiary/aromatic N) is 2. The molecule has 128 valence electrons. The normalized spacial score (nSPS) is 25.3. The molecule has 0 bridgehead atoms. The quantitative estimate of drug-likeness (QED) is 0.613. The lowest BCUT2D eigenvalue weighted by Gasteiger charge is -2.24. The molecule has 2 fully saturated rings. The van der Waals surface area contributed by atoms with Crippen LogP contribution >= 0.6 is 11.8 Å². The molecule has 0 aliphatic carbocycles.